The van der Waals surface area contributed by atoms with Crippen molar-refractivity contribution < 1.29 is 23.7 Å². The minimum absolute atomic E-state index is 0.124. The van der Waals surface area contributed by atoms with E-state index in [1.165, 1.54) is 29.2 Å². The topological polar surface area (TPSA) is 35.2 Å². The fraction of sp³-hybridized carbons (Fsp3) is 0.533. The minimum atomic E-state index is -0.378. The molecular weight excluding hydrogens is 259 g/mol. The number of benzene rings is 1. The largest absolute Gasteiger partial charge is 0.453 e. The number of likely N-dealkylation sites (N-methyl/N-ethyl adjacent to an activating group) is 1. The zero-order valence-electron chi connectivity index (χ0n) is 12.1. The predicted octanol–water partition coefficient (Wildman–Crippen LogP) is -1.22. The van der Waals surface area contributed by atoms with Crippen molar-refractivity contribution in [3.05, 3.63) is 35.6 Å². The number of piperazine rings is 1. The molecule has 1 aliphatic heterocycles. The quantitative estimate of drug-likeness (QED) is 0.680. The fourth-order valence-corrected chi connectivity index (χ4v) is 2.52. The molecule has 0 amide bonds. The van der Waals surface area contributed by atoms with Crippen LogP contribution in [0.2, 0.25) is 0 Å². The number of ether oxygens (including phenoxy) is 1. The van der Waals surface area contributed by atoms with Gasteiger partial charge in [0.2, 0.25) is 0 Å². The maximum absolute atomic E-state index is 12.8. The van der Waals surface area contributed by atoms with Crippen LogP contribution < -0.4 is 9.80 Å². The molecule has 1 heterocycles. The summed E-state index contributed by atoms with van der Waals surface area (Å²) in [5, 5.41) is 0. The summed E-state index contributed by atoms with van der Waals surface area (Å²) < 4.78 is 18.2. The lowest BCUT2D eigenvalue weighted by Gasteiger charge is -2.28. The summed E-state index contributed by atoms with van der Waals surface area (Å²) >= 11 is 0. The third-order valence-corrected chi connectivity index (χ3v) is 3.77. The highest BCUT2D eigenvalue weighted by molar-refractivity contribution is 5.89. The Kier molecular flexibility index (Phi) is 5.09. The van der Waals surface area contributed by atoms with E-state index in [0.717, 1.165) is 32.7 Å². The van der Waals surface area contributed by atoms with E-state index in [9.17, 15) is 9.18 Å². The Morgan fingerprint density at radius 1 is 1.25 bits per heavy atom. The molecule has 2 rings (SSSR count). The maximum atomic E-state index is 12.8. The number of hydrogen-bond donors (Lipinski definition) is 2. The van der Waals surface area contributed by atoms with Gasteiger partial charge in [-0.05, 0) is 31.2 Å². The molecule has 110 valence electrons. The van der Waals surface area contributed by atoms with Crippen molar-refractivity contribution >= 4 is 5.97 Å². The Morgan fingerprint density at radius 2 is 1.85 bits per heavy atom. The molecule has 1 aliphatic rings. The summed E-state index contributed by atoms with van der Waals surface area (Å²) in [6.07, 6.45) is -0.124. The Labute approximate surface area is 119 Å². The second-order valence-corrected chi connectivity index (χ2v) is 5.63. The van der Waals surface area contributed by atoms with E-state index in [2.05, 4.69) is 7.05 Å². The highest BCUT2D eigenvalue weighted by Crippen LogP contribution is 2.05. The van der Waals surface area contributed by atoms with Gasteiger partial charge in [-0.15, -0.1) is 0 Å². The molecule has 20 heavy (non-hydrogen) atoms. The molecule has 0 spiro atoms. The molecule has 5 heteroatoms. The standard InChI is InChI=1S/C15H21FN2O2/c1-12(11-18-9-7-17(2)8-10-18)20-15(19)13-3-5-14(16)6-4-13/h3-6,12H,7-11H2,1-2H3/p+2. The van der Waals surface area contributed by atoms with E-state index < -0.39 is 0 Å². The third kappa shape index (κ3) is 4.28. The molecule has 1 unspecified atom stereocenters. The zero-order valence-corrected chi connectivity index (χ0v) is 12.1. The summed E-state index contributed by atoms with van der Waals surface area (Å²) in [6.45, 7) is 7.30. The predicted molar refractivity (Wildman–Crippen MR) is 73.5 cm³/mol. The normalized spacial score (nSPS) is 24.1. The molecule has 2 N–H and O–H groups in total. The van der Waals surface area contributed by atoms with Crippen LogP contribution in [0.15, 0.2) is 24.3 Å². The highest BCUT2D eigenvalue weighted by Gasteiger charge is 2.23. The number of hydrogen-bond acceptors (Lipinski definition) is 2. The van der Waals surface area contributed by atoms with Gasteiger partial charge in [-0.1, -0.05) is 0 Å². The van der Waals surface area contributed by atoms with Crippen LogP contribution in [-0.4, -0.2) is 51.8 Å². The van der Waals surface area contributed by atoms with E-state index in [-0.39, 0.29) is 17.9 Å². The lowest BCUT2D eigenvalue weighted by molar-refractivity contribution is -1.00. The maximum Gasteiger partial charge on any atom is 0.338 e. The zero-order chi connectivity index (χ0) is 14.5. The summed E-state index contributed by atoms with van der Waals surface area (Å²) in [5.41, 5.74) is 0.399. The second kappa shape index (κ2) is 6.81. The fourth-order valence-electron chi connectivity index (χ4n) is 2.52. The number of nitrogens with one attached hydrogen (secondary N) is 2. The molecule has 1 saturated heterocycles. The van der Waals surface area contributed by atoms with Crippen molar-refractivity contribution in [2.24, 2.45) is 0 Å². The number of carbonyl (C=O) groups excluding carboxylic acids is 1. The van der Waals surface area contributed by atoms with Crippen LogP contribution in [0.3, 0.4) is 0 Å². The van der Waals surface area contributed by atoms with Crippen molar-refractivity contribution in [1.29, 1.82) is 0 Å². The highest BCUT2D eigenvalue weighted by atomic mass is 19.1. The average molecular weight is 282 g/mol. The van der Waals surface area contributed by atoms with Gasteiger partial charge in [0.1, 0.15) is 44.6 Å². The van der Waals surface area contributed by atoms with Crippen LogP contribution in [0, 0.1) is 5.82 Å². The number of rotatable bonds is 4. The summed E-state index contributed by atoms with van der Waals surface area (Å²) in [6, 6.07) is 5.46. The average Bonchev–Trinajstić information content (AvgIpc) is 2.42. The first kappa shape index (κ1) is 14.9. The van der Waals surface area contributed by atoms with Gasteiger partial charge >= 0.3 is 5.97 Å². The SMILES string of the molecule is CC(C[NH+]1CC[NH+](C)CC1)OC(=O)c1ccc(F)cc1. The molecule has 0 aromatic heterocycles. The van der Waals surface area contributed by atoms with Gasteiger partial charge in [-0.25, -0.2) is 9.18 Å². The van der Waals surface area contributed by atoms with Gasteiger partial charge in [0.15, 0.2) is 0 Å². The van der Waals surface area contributed by atoms with Gasteiger partial charge < -0.3 is 14.5 Å². The number of halogens is 1. The third-order valence-electron chi connectivity index (χ3n) is 3.77. The van der Waals surface area contributed by atoms with Crippen molar-refractivity contribution in [2.45, 2.75) is 13.0 Å². The second-order valence-electron chi connectivity index (χ2n) is 5.63. The number of carbonyl (C=O) groups is 1. The lowest BCUT2D eigenvalue weighted by atomic mass is 10.2. The van der Waals surface area contributed by atoms with E-state index in [1.54, 1.807) is 4.90 Å². The van der Waals surface area contributed by atoms with Crippen molar-refractivity contribution in [1.82, 2.24) is 0 Å². The van der Waals surface area contributed by atoms with E-state index >= 15 is 0 Å². The van der Waals surface area contributed by atoms with Crippen LogP contribution in [-0.2, 0) is 4.74 Å². The smallest absolute Gasteiger partial charge is 0.338 e. The molecular formula is C15H23FN2O2+2. The van der Waals surface area contributed by atoms with Gasteiger partial charge in [-0.3, -0.25) is 0 Å². The van der Waals surface area contributed by atoms with Crippen LogP contribution >= 0.6 is 0 Å². The van der Waals surface area contributed by atoms with Crippen molar-refractivity contribution in [3.8, 4) is 0 Å². The van der Waals surface area contributed by atoms with Crippen molar-refractivity contribution in [3.63, 3.8) is 0 Å². The molecule has 0 aliphatic carbocycles. The van der Waals surface area contributed by atoms with Gasteiger partial charge in [0, 0.05) is 0 Å². The molecule has 0 saturated carbocycles. The first-order valence-electron chi connectivity index (χ1n) is 7.16. The van der Waals surface area contributed by atoms with E-state index in [4.69, 9.17) is 4.74 Å². The van der Waals surface area contributed by atoms with Gasteiger partial charge in [0.25, 0.3) is 0 Å². The molecule has 1 atom stereocenters. The molecule has 4 nitrogen and oxygen atoms in total. The first-order valence-corrected chi connectivity index (χ1v) is 7.16. The Bertz CT molecular complexity index is 442. The lowest BCUT2D eigenvalue weighted by Crippen LogP contribution is -3.27. The molecule has 1 fully saturated rings. The number of esters is 1. The summed E-state index contributed by atoms with van der Waals surface area (Å²) in [7, 11) is 2.20. The molecule has 1 aromatic carbocycles. The first-order chi connectivity index (χ1) is 9.54. The van der Waals surface area contributed by atoms with Gasteiger partial charge in [-0.2, -0.15) is 0 Å². The molecule has 0 radical (unpaired) electrons. The monoisotopic (exact) mass is 282 g/mol. The van der Waals surface area contributed by atoms with Crippen LogP contribution in [0.25, 0.3) is 0 Å². The Hall–Kier alpha value is -1.46. The summed E-state index contributed by atoms with van der Waals surface area (Å²) in [5.74, 6) is -0.726. The summed E-state index contributed by atoms with van der Waals surface area (Å²) in [4.78, 5) is 14.9. The van der Waals surface area contributed by atoms with Gasteiger partial charge in [0.05, 0.1) is 12.6 Å². The van der Waals surface area contributed by atoms with Crippen molar-refractivity contribution in [2.75, 3.05) is 39.8 Å². The van der Waals surface area contributed by atoms with E-state index in [1.807, 2.05) is 6.92 Å². The number of quaternary nitrogens is 2. The molecule has 1 aromatic rings. The molecule has 0 bridgehead atoms. The van der Waals surface area contributed by atoms with E-state index in [0.29, 0.717) is 5.56 Å². The minimum Gasteiger partial charge on any atom is -0.453 e. The van der Waals surface area contributed by atoms with Crippen LogP contribution in [0.1, 0.15) is 17.3 Å². The van der Waals surface area contributed by atoms with Crippen LogP contribution in [0.5, 0.6) is 0 Å². The Morgan fingerprint density at radius 3 is 2.45 bits per heavy atom. The van der Waals surface area contributed by atoms with Crippen LogP contribution in [0.4, 0.5) is 4.39 Å². The Balaban J connectivity index is 1.80.